The second kappa shape index (κ2) is 6.68. The van der Waals surface area contributed by atoms with Crippen LogP contribution in [-0.4, -0.2) is 39.8 Å². The summed E-state index contributed by atoms with van der Waals surface area (Å²) in [6, 6.07) is 0.938. The van der Waals surface area contributed by atoms with Crippen molar-refractivity contribution in [2.24, 2.45) is 0 Å². The van der Waals surface area contributed by atoms with Crippen molar-refractivity contribution >= 4 is 35.0 Å². The number of carboxylic acid groups (broad SMARTS) is 1. The van der Waals surface area contributed by atoms with E-state index in [1.54, 1.807) is 0 Å². The molecule has 2 amide bonds. The van der Waals surface area contributed by atoms with E-state index in [1.807, 2.05) is 5.32 Å². The fourth-order valence-corrected chi connectivity index (χ4v) is 1.39. The molecule has 9 nitrogen and oxygen atoms in total. The van der Waals surface area contributed by atoms with Crippen molar-refractivity contribution in [2.75, 3.05) is 11.9 Å². The maximum Gasteiger partial charge on any atom is 0.328 e. The third kappa shape index (κ3) is 4.07. The number of carbonyl (C=O) groups excluding carboxylic acids is 1. The summed E-state index contributed by atoms with van der Waals surface area (Å²) < 4.78 is 0. The number of halogens is 1. The number of nitro benzene ring substituents is 1. The zero-order valence-corrected chi connectivity index (χ0v) is 10.6. The van der Waals surface area contributed by atoms with Gasteiger partial charge in [0, 0.05) is 12.1 Å². The minimum Gasteiger partial charge on any atom is -0.480 e. The lowest BCUT2D eigenvalue weighted by Crippen LogP contribution is -2.45. The summed E-state index contributed by atoms with van der Waals surface area (Å²) in [6.07, 6.45) is 0. The summed E-state index contributed by atoms with van der Waals surface area (Å²) in [5.41, 5.74) is -0.345. The quantitative estimate of drug-likeness (QED) is 0.468. The lowest BCUT2D eigenvalue weighted by atomic mass is 10.3. The Hall–Kier alpha value is -2.39. The summed E-state index contributed by atoms with van der Waals surface area (Å²) in [6.45, 7) is -0.800. The average molecular weight is 304 g/mol. The summed E-state index contributed by atoms with van der Waals surface area (Å²) in [5.74, 6) is -1.42. The van der Waals surface area contributed by atoms with Crippen LogP contribution in [0, 0.1) is 10.1 Å². The Labute approximate surface area is 117 Å². The Morgan fingerprint density at radius 1 is 1.45 bits per heavy atom. The fourth-order valence-electron chi connectivity index (χ4n) is 1.22. The number of benzene rings is 1. The molecule has 1 unspecified atom stereocenters. The first-order valence-corrected chi connectivity index (χ1v) is 5.58. The number of nitrogens with one attached hydrogen (secondary N) is 2. The molecule has 0 aliphatic carbocycles. The maximum absolute atomic E-state index is 11.5. The number of non-ortho nitro benzene ring substituents is 1. The number of rotatable bonds is 5. The van der Waals surface area contributed by atoms with Crippen molar-refractivity contribution in [2.45, 2.75) is 6.04 Å². The number of aliphatic hydroxyl groups excluding tert-OH is 1. The van der Waals surface area contributed by atoms with E-state index in [1.165, 1.54) is 6.07 Å². The van der Waals surface area contributed by atoms with Crippen LogP contribution in [0.3, 0.4) is 0 Å². The summed E-state index contributed by atoms with van der Waals surface area (Å²) >= 11 is 5.75. The molecule has 1 atom stereocenters. The minimum atomic E-state index is -1.49. The highest BCUT2D eigenvalue weighted by atomic mass is 35.5. The highest BCUT2D eigenvalue weighted by molar-refractivity contribution is 6.33. The molecule has 20 heavy (non-hydrogen) atoms. The van der Waals surface area contributed by atoms with Crippen LogP contribution in [0.25, 0.3) is 0 Å². The molecular weight excluding hydrogens is 294 g/mol. The van der Waals surface area contributed by atoms with Crippen molar-refractivity contribution in [1.82, 2.24) is 5.32 Å². The summed E-state index contributed by atoms with van der Waals surface area (Å²) in [7, 11) is 0. The van der Waals surface area contributed by atoms with Crippen molar-refractivity contribution in [3.63, 3.8) is 0 Å². The first-order chi connectivity index (χ1) is 9.35. The molecule has 10 heteroatoms. The number of nitrogens with zero attached hydrogens (tertiary/aromatic N) is 1. The normalized spacial score (nSPS) is 11.5. The molecule has 1 aromatic rings. The molecule has 0 bridgehead atoms. The number of amides is 2. The van der Waals surface area contributed by atoms with Gasteiger partial charge >= 0.3 is 12.0 Å². The van der Waals surface area contributed by atoms with Crippen LogP contribution < -0.4 is 10.6 Å². The zero-order valence-electron chi connectivity index (χ0n) is 9.87. The molecule has 0 fully saturated rings. The molecule has 1 rings (SSSR count). The minimum absolute atomic E-state index is 0.0432. The monoisotopic (exact) mass is 303 g/mol. The Bertz CT molecular complexity index is 550. The first-order valence-electron chi connectivity index (χ1n) is 5.20. The molecule has 0 radical (unpaired) electrons. The number of aliphatic carboxylic acids is 1. The van der Waals surface area contributed by atoms with E-state index in [0.717, 1.165) is 12.1 Å². The van der Waals surface area contributed by atoms with Gasteiger partial charge in [0.1, 0.15) is 0 Å². The van der Waals surface area contributed by atoms with Gasteiger partial charge in [-0.05, 0) is 6.07 Å². The zero-order chi connectivity index (χ0) is 15.3. The second-order valence-corrected chi connectivity index (χ2v) is 4.00. The van der Waals surface area contributed by atoms with Gasteiger partial charge in [-0.15, -0.1) is 0 Å². The van der Waals surface area contributed by atoms with Gasteiger partial charge in [-0.25, -0.2) is 9.59 Å². The van der Waals surface area contributed by atoms with Crippen molar-refractivity contribution < 1.29 is 24.7 Å². The van der Waals surface area contributed by atoms with Gasteiger partial charge in [-0.1, -0.05) is 11.6 Å². The van der Waals surface area contributed by atoms with Crippen LogP contribution in [0.1, 0.15) is 0 Å². The molecule has 0 aromatic heterocycles. The maximum atomic E-state index is 11.5. The lowest BCUT2D eigenvalue weighted by molar-refractivity contribution is -0.384. The van der Waals surface area contributed by atoms with E-state index in [4.69, 9.17) is 21.8 Å². The summed E-state index contributed by atoms with van der Waals surface area (Å²) in [4.78, 5) is 32.0. The molecule has 1 aromatic carbocycles. The van der Waals surface area contributed by atoms with Gasteiger partial charge in [0.25, 0.3) is 5.69 Å². The van der Waals surface area contributed by atoms with Gasteiger partial charge in [0.2, 0.25) is 0 Å². The van der Waals surface area contributed by atoms with Crippen molar-refractivity contribution in [3.8, 4) is 0 Å². The van der Waals surface area contributed by atoms with E-state index in [-0.39, 0.29) is 16.4 Å². The molecule has 0 saturated heterocycles. The number of carboxylic acids is 1. The average Bonchev–Trinajstić information content (AvgIpc) is 2.37. The number of aliphatic hydroxyl groups is 1. The van der Waals surface area contributed by atoms with E-state index < -0.39 is 29.6 Å². The Balaban J connectivity index is 2.82. The number of nitro groups is 1. The highest BCUT2D eigenvalue weighted by Gasteiger charge is 2.19. The Kier molecular flexibility index (Phi) is 5.23. The van der Waals surface area contributed by atoms with Crippen molar-refractivity contribution in [3.05, 3.63) is 33.3 Å². The number of carbonyl (C=O) groups is 2. The largest absolute Gasteiger partial charge is 0.480 e. The van der Waals surface area contributed by atoms with Gasteiger partial charge in [-0.2, -0.15) is 0 Å². The van der Waals surface area contributed by atoms with Crippen LogP contribution in [0.15, 0.2) is 18.2 Å². The van der Waals surface area contributed by atoms with E-state index in [0.29, 0.717) is 0 Å². The highest BCUT2D eigenvalue weighted by Crippen LogP contribution is 2.26. The molecule has 0 aliphatic heterocycles. The second-order valence-electron chi connectivity index (χ2n) is 3.59. The Morgan fingerprint density at radius 2 is 2.10 bits per heavy atom. The lowest BCUT2D eigenvalue weighted by Gasteiger charge is -2.13. The van der Waals surface area contributed by atoms with Gasteiger partial charge in [0.15, 0.2) is 6.04 Å². The van der Waals surface area contributed by atoms with Gasteiger partial charge < -0.3 is 20.8 Å². The van der Waals surface area contributed by atoms with Crippen LogP contribution in [0.2, 0.25) is 5.02 Å². The molecule has 0 heterocycles. The molecular formula is C10H10ClN3O6. The SMILES string of the molecule is O=C(Nc1cc([N+](=O)[O-])ccc1Cl)NC(CO)C(=O)O. The predicted molar refractivity (Wildman–Crippen MR) is 68.8 cm³/mol. The van der Waals surface area contributed by atoms with Gasteiger partial charge in [-0.3, -0.25) is 10.1 Å². The summed E-state index contributed by atoms with van der Waals surface area (Å²) in [5, 5.41) is 32.1. The fraction of sp³-hybridized carbons (Fsp3) is 0.200. The third-order valence-corrected chi connectivity index (χ3v) is 2.52. The Morgan fingerprint density at radius 3 is 2.60 bits per heavy atom. The van der Waals surface area contributed by atoms with E-state index in [9.17, 15) is 19.7 Å². The smallest absolute Gasteiger partial charge is 0.328 e. The predicted octanol–water partition coefficient (Wildman–Crippen LogP) is 0.815. The van der Waals surface area contributed by atoms with Gasteiger partial charge in [0.05, 0.1) is 22.2 Å². The molecule has 4 N–H and O–H groups in total. The number of hydrogen-bond donors (Lipinski definition) is 4. The van der Waals surface area contributed by atoms with Crippen LogP contribution in [0.4, 0.5) is 16.2 Å². The topological polar surface area (TPSA) is 142 Å². The third-order valence-electron chi connectivity index (χ3n) is 2.19. The molecule has 0 aliphatic rings. The standard InChI is InChI=1S/C10H10ClN3O6/c11-6-2-1-5(14(19)20)3-7(6)12-10(18)13-8(4-15)9(16)17/h1-3,8,15H,4H2,(H,16,17)(H2,12,13,18). The van der Waals surface area contributed by atoms with Crippen LogP contribution >= 0.6 is 11.6 Å². The molecule has 0 spiro atoms. The van der Waals surface area contributed by atoms with E-state index >= 15 is 0 Å². The van der Waals surface area contributed by atoms with Crippen molar-refractivity contribution in [1.29, 1.82) is 0 Å². The van der Waals surface area contributed by atoms with E-state index in [2.05, 4.69) is 5.32 Å². The molecule has 108 valence electrons. The molecule has 0 saturated carbocycles. The number of anilines is 1. The number of hydrogen-bond acceptors (Lipinski definition) is 5. The van der Waals surface area contributed by atoms with Crippen LogP contribution in [-0.2, 0) is 4.79 Å². The number of urea groups is 1. The van der Waals surface area contributed by atoms with Crippen LogP contribution in [0.5, 0.6) is 0 Å². The first kappa shape index (κ1) is 15.7.